The van der Waals surface area contributed by atoms with Crippen LogP contribution in [-0.4, -0.2) is 25.9 Å². The van der Waals surface area contributed by atoms with Crippen molar-refractivity contribution in [2.24, 2.45) is 0 Å². The van der Waals surface area contributed by atoms with Crippen molar-refractivity contribution in [2.45, 2.75) is 0 Å². The van der Waals surface area contributed by atoms with E-state index in [0.717, 1.165) is 6.26 Å². The number of anilines is 2. The normalized spacial score (nSPS) is 11.0. The molecule has 0 aromatic heterocycles. The van der Waals surface area contributed by atoms with E-state index in [1.807, 2.05) is 0 Å². The zero-order valence-electron chi connectivity index (χ0n) is 8.83. The third-order valence-corrected chi connectivity index (χ3v) is 3.11. The molecule has 1 aromatic carbocycles. The highest BCUT2D eigenvalue weighted by Crippen LogP contribution is 2.26. The Bertz CT molecular complexity index is 533. The van der Waals surface area contributed by atoms with Gasteiger partial charge in [0.2, 0.25) is 15.9 Å². The molecule has 17 heavy (non-hydrogen) atoms. The molecule has 1 aromatic rings. The Hall–Kier alpha value is -0.790. The van der Waals surface area contributed by atoms with Gasteiger partial charge in [0.15, 0.2) is 0 Å². The molecular formula is C9H10BrClN2O3S. The summed E-state index contributed by atoms with van der Waals surface area (Å²) in [4.78, 5) is 11.2. The van der Waals surface area contributed by atoms with Crippen LogP contribution in [0.1, 0.15) is 0 Å². The first-order valence-corrected chi connectivity index (χ1v) is 7.84. The second kappa shape index (κ2) is 5.70. The Kier molecular flexibility index (Phi) is 4.79. The Morgan fingerprint density at radius 3 is 2.65 bits per heavy atom. The van der Waals surface area contributed by atoms with E-state index >= 15 is 0 Å². The number of carbonyl (C=O) groups is 1. The molecule has 1 rings (SSSR count). The zero-order valence-corrected chi connectivity index (χ0v) is 12.0. The van der Waals surface area contributed by atoms with Crippen LogP contribution >= 0.6 is 27.5 Å². The summed E-state index contributed by atoms with van der Waals surface area (Å²) in [5.74, 6) is -0.275. The number of benzene rings is 1. The fourth-order valence-corrected chi connectivity index (χ4v) is 1.94. The van der Waals surface area contributed by atoms with Gasteiger partial charge in [-0.15, -0.1) is 0 Å². The summed E-state index contributed by atoms with van der Waals surface area (Å²) in [5, 5.41) is 3.00. The van der Waals surface area contributed by atoms with Gasteiger partial charge in [0.25, 0.3) is 0 Å². The van der Waals surface area contributed by atoms with E-state index in [1.165, 1.54) is 18.2 Å². The highest BCUT2D eigenvalue weighted by Gasteiger charge is 2.08. The monoisotopic (exact) mass is 340 g/mol. The van der Waals surface area contributed by atoms with Crippen molar-refractivity contribution in [3.05, 3.63) is 23.2 Å². The van der Waals surface area contributed by atoms with Crippen LogP contribution in [0.25, 0.3) is 0 Å². The lowest BCUT2D eigenvalue weighted by molar-refractivity contribution is -0.113. The summed E-state index contributed by atoms with van der Waals surface area (Å²) in [5.41, 5.74) is 0.687. The van der Waals surface area contributed by atoms with Crippen molar-refractivity contribution in [1.29, 1.82) is 0 Å². The van der Waals surface area contributed by atoms with E-state index in [2.05, 4.69) is 26.0 Å². The van der Waals surface area contributed by atoms with Crippen LogP contribution in [0.3, 0.4) is 0 Å². The number of alkyl halides is 1. The van der Waals surface area contributed by atoms with Crippen molar-refractivity contribution in [1.82, 2.24) is 0 Å². The van der Waals surface area contributed by atoms with Crippen LogP contribution in [0.5, 0.6) is 0 Å². The van der Waals surface area contributed by atoms with E-state index in [4.69, 9.17) is 11.6 Å². The smallest absolute Gasteiger partial charge is 0.235 e. The molecule has 0 spiro atoms. The summed E-state index contributed by atoms with van der Waals surface area (Å²) in [7, 11) is -3.36. The highest BCUT2D eigenvalue weighted by molar-refractivity contribution is 9.09. The van der Waals surface area contributed by atoms with Gasteiger partial charge in [-0.05, 0) is 18.2 Å². The Morgan fingerprint density at radius 2 is 2.12 bits per heavy atom. The molecule has 0 atom stereocenters. The van der Waals surface area contributed by atoms with Gasteiger partial charge in [-0.2, -0.15) is 0 Å². The number of rotatable bonds is 4. The minimum Gasteiger partial charge on any atom is -0.324 e. The molecule has 0 aliphatic rings. The number of amides is 1. The Balaban J connectivity index is 2.98. The lowest BCUT2D eigenvalue weighted by atomic mass is 10.3. The number of nitrogens with one attached hydrogen (secondary N) is 2. The van der Waals surface area contributed by atoms with E-state index in [9.17, 15) is 13.2 Å². The second-order valence-electron chi connectivity index (χ2n) is 3.25. The van der Waals surface area contributed by atoms with Crippen LogP contribution in [0.15, 0.2) is 18.2 Å². The molecule has 0 saturated heterocycles. The average molecular weight is 342 g/mol. The number of halogens is 2. The molecule has 8 heteroatoms. The van der Waals surface area contributed by atoms with E-state index in [0.29, 0.717) is 16.4 Å². The highest BCUT2D eigenvalue weighted by atomic mass is 79.9. The Labute approximate surface area is 113 Å². The first-order valence-electron chi connectivity index (χ1n) is 4.45. The first-order chi connectivity index (χ1) is 7.81. The number of hydrogen-bond acceptors (Lipinski definition) is 3. The SMILES string of the molecule is CS(=O)(=O)Nc1ccc(Cl)c(NC(=O)CBr)c1. The molecule has 0 bridgehead atoms. The predicted molar refractivity (Wildman–Crippen MR) is 72.3 cm³/mol. The average Bonchev–Trinajstić information content (AvgIpc) is 2.20. The minimum absolute atomic E-state index is 0.132. The van der Waals surface area contributed by atoms with Gasteiger partial charge in [0.05, 0.1) is 28.0 Å². The maximum absolute atomic E-state index is 11.2. The van der Waals surface area contributed by atoms with Crippen molar-refractivity contribution >= 4 is 54.8 Å². The summed E-state index contributed by atoms with van der Waals surface area (Å²) in [6, 6.07) is 4.45. The summed E-state index contributed by atoms with van der Waals surface area (Å²) < 4.78 is 24.4. The molecule has 0 unspecified atom stereocenters. The van der Waals surface area contributed by atoms with E-state index in [1.54, 1.807) is 0 Å². The molecule has 2 N–H and O–H groups in total. The molecule has 0 aliphatic carbocycles. The van der Waals surface area contributed by atoms with Gasteiger partial charge >= 0.3 is 0 Å². The lowest BCUT2D eigenvalue weighted by Gasteiger charge is -2.09. The van der Waals surface area contributed by atoms with E-state index in [-0.39, 0.29) is 11.2 Å². The molecule has 5 nitrogen and oxygen atoms in total. The third-order valence-electron chi connectivity index (χ3n) is 1.67. The molecule has 0 radical (unpaired) electrons. The van der Waals surface area contributed by atoms with Crippen LogP contribution in [0.2, 0.25) is 5.02 Å². The van der Waals surface area contributed by atoms with Gasteiger partial charge in [0, 0.05) is 0 Å². The summed E-state index contributed by atoms with van der Waals surface area (Å²) in [6.45, 7) is 0. The van der Waals surface area contributed by atoms with Crippen molar-refractivity contribution in [2.75, 3.05) is 21.6 Å². The quantitative estimate of drug-likeness (QED) is 0.823. The summed E-state index contributed by atoms with van der Waals surface area (Å²) in [6.07, 6.45) is 1.04. The number of carbonyl (C=O) groups excluding carboxylic acids is 1. The first kappa shape index (κ1) is 14.3. The standard InChI is InChI=1S/C9H10BrClN2O3S/c1-17(15,16)13-6-2-3-7(11)8(4-6)12-9(14)5-10/h2-4,13H,5H2,1H3,(H,12,14). The van der Waals surface area contributed by atoms with Gasteiger partial charge in [0.1, 0.15) is 0 Å². The maximum atomic E-state index is 11.2. The van der Waals surface area contributed by atoms with Gasteiger partial charge in [-0.25, -0.2) is 8.42 Å². The van der Waals surface area contributed by atoms with Crippen LogP contribution in [0.4, 0.5) is 11.4 Å². The predicted octanol–water partition coefficient (Wildman–Crippen LogP) is 2.04. The molecule has 0 heterocycles. The zero-order chi connectivity index (χ0) is 13.1. The van der Waals surface area contributed by atoms with Crippen LogP contribution < -0.4 is 10.0 Å². The number of hydrogen-bond donors (Lipinski definition) is 2. The molecular weight excluding hydrogens is 332 g/mol. The maximum Gasteiger partial charge on any atom is 0.235 e. The fraction of sp³-hybridized carbons (Fsp3) is 0.222. The minimum atomic E-state index is -3.36. The van der Waals surface area contributed by atoms with Crippen molar-refractivity contribution in [3.63, 3.8) is 0 Å². The largest absolute Gasteiger partial charge is 0.324 e. The fourth-order valence-electron chi connectivity index (χ4n) is 1.08. The molecule has 0 saturated carbocycles. The van der Waals surface area contributed by atoms with Crippen LogP contribution in [-0.2, 0) is 14.8 Å². The van der Waals surface area contributed by atoms with Crippen LogP contribution in [0, 0.1) is 0 Å². The second-order valence-corrected chi connectivity index (χ2v) is 5.97. The molecule has 0 fully saturated rings. The number of sulfonamides is 1. The van der Waals surface area contributed by atoms with Gasteiger partial charge < -0.3 is 5.32 Å². The van der Waals surface area contributed by atoms with Gasteiger partial charge in [-0.1, -0.05) is 27.5 Å². The van der Waals surface area contributed by atoms with E-state index < -0.39 is 10.0 Å². The third kappa shape index (κ3) is 4.93. The summed E-state index contributed by atoms with van der Waals surface area (Å²) >= 11 is 8.86. The Morgan fingerprint density at radius 1 is 1.47 bits per heavy atom. The lowest BCUT2D eigenvalue weighted by Crippen LogP contribution is -2.14. The van der Waals surface area contributed by atoms with Crippen molar-refractivity contribution in [3.8, 4) is 0 Å². The molecule has 0 aliphatic heterocycles. The van der Waals surface area contributed by atoms with Crippen molar-refractivity contribution < 1.29 is 13.2 Å². The molecule has 94 valence electrons. The molecule has 1 amide bonds. The topological polar surface area (TPSA) is 75.3 Å². The van der Waals surface area contributed by atoms with Gasteiger partial charge in [-0.3, -0.25) is 9.52 Å².